The van der Waals surface area contributed by atoms with Crippen LogP contribution in [0.25, 0.3) is 0 Å². The third-order valence-corrected chi connectivity index (χ3v) is 7.60. The molecular weight excluding hydrogens is 416 g/mol. The quantitative estimate of drug-likeness (QED) is 0.666. The molecule has 1 fully saturated rings. The average Bonchev–Trinajstić information content (AvgIpc) is 3.48. The normalized spacial score (nSPS) is 17.9. The number of esters is 1. The van der Waals surface area contributed by atoms with Crippen molar-refractivity contribution in [2.75, 3.05) is 25.5 Å². The minimum atomic E-state index is -0.476. The van der Waals surface area contributed by atoms with Gasteiger partial charge >= 0.3 is 5.97 Å². The largest absolute Gasteiger partial charge is 0.464 e. The van der Waals surface area contributed by atoms with Crippen molar-refractivity contribution in [1.29, 1.82) is 0 Å². The zero-order valence-electron chi connectivity index (χ0n) is 17.8. The predicted octanol–water partition coefficient (Wildman–Crippen LogP) is 2.59. The maximum atomic E-state index is 12.9. The van der Waals surface area contributed by atoms with E-state index in [-0.39, 0.29) is 24.0 Å². The lowest BCUT2D eigenvalue weighted by Gasteiger charge is -2.36. The van der Waals surface area contributed by atoms with E-state index in [4.69, 9.17) is 10.5 Å². The third-order valence-electron chi connectivity index (χ3n) is 6.40. The second-order valence-corrected chi connectivity index (χ2v) is 9.26. The molecule has 0 spiro atoms. The van der Waals surface area contributed by atoms with Gasteiger partial charge in [0.05, 0.1) is 18.7 Å². The monoisotopic (exact) mass is 444 g/mol. The van der Waals surface area contributed by atoms with Crippen molar-refractivity contribution in [3.63, 3.8) is 0 Å². The van der Waals surface area contributed by atoms with E-state index in [9.17, 15) is 14.4 Å². The van der Waals surface area contributed by atoms with Crippen molar-refractivity contribution in [2.45, 2.75) is 51.1 Å². The van der Waals surface area contributed by atoms with E-state index in [0.29, 0.717) is 16.3 Å². The molecule has 1 atom stereocenters. The molecule has 0 radical (unpaired) electrons. The summed E-state index contributed by atoms with van der Waals surface area (Å²) in [4.78, 5) is 40.2. The molecule has 3 N–H and O–H groups in total. The number of nitrogens with zero attached hydrogens (tertiary/aromatic N) is 2. The molecule has 2 aliphatic rings. The van der Waals surface area contributed by atoms with Gasteiger partial charge < -0.3 is 20.4 Å². The highest BCUT2D eigenvalue weighted by Gasteiger charge is 2.31. The minimum Gasteiger partial charge on any atom is -0.464 e. The van der Waals surface area contributed by atoms with Gasteiger partial charge in [-0.15, -0.1) is 11.3 Å². The molecule has 166 valence electrons. The Hall–Kier alpha value is -2.65. The molecule has 3 heterocycles. The zero-order valence-corrected chi connectivity index (χ0v) is 18.7. The fourth-order valence-corrected chi connectivity index (χ4v) is 5.97. The minimum absolute atomic E-state index is 0.128. The number of primary amides is 1. The highest BCUT2D eigenvalue weighted by atomic mass is 32.1. The Bertz CT molecular complexity index is 1000. The summed E-state index contributed by atoms with van der Waals surface area (Å²) in [5, 5.41) is 3.54. The van der Waals surface area contributed by atoms with Gasteiger partial charge in [0, 0.05) is 30.2 Å². The number of ether oxygens (including phenoxy) is 1. The van der Waals surface area contributed by atoms with E-state index in [0.717, 1.165) is 55.6 Å². The molecule has 0 aromatic carbocycles. The Morgan fingerprint density at radius 1 is 1.26 bits per heavy atom. The summed E-state index contributed by atoms with van der Waals surface area (Å²) in [5.41, 5.74) is 7.65. The van der Waals surface area contributed by atoms with Crippen LogP contribution >= 0.6 is 11.3 Å². The number of likely N-dealkylation sites (tertiary alicyclic amines) is 1. The van der Waals surface area contributed by atoms with Crippen LogP contribution in [0.3, 0.4) is 0 Å². The zero-order chi connectivity index (χ0) is 22.1. The first-order valence-corrected chi connectivity index (χ1v) is 11.5. The molecule has 1 unspecified atom stereocenters. The van der Waals surface area contributed by atoms with E-state index in [1.54, 1.807) is 6.07 Å². The summed E-state index contributed by atoms with van der Waals surface area (Å²) >= 11 is 1.48. The van der Waals surface area contributed by atoms with E-state index >= 15 is 0 Å². The van der Waals surface area contributed by atoms with Crippen molar-refractivity contribution in [1.82, 2.24) is 9.47 Å². The Balaban J connectivity index is 1.39. The SMILES string of the molecule is COC(=O)c1cccn1C1CCN(C(C)C(=O)Nc2sc3c(c2C(N)=O)CCC3)CC1. The summed E-state index contributed by atoms with van der Waals surface area (Å²) in [6, 6.07) is 3.48. The van der Waals surface area contributed by atoms with Crippen LogP contribution in [0.5, 0.6) is 0 Å². The lowest BCUT2D eigenvalue weighted by Crippen LogP contribution is -2.46. The fourth-order valence-electron chi connectivity index (χ4n) is 4.68. The van der Waals surface area contributed by atoms with Crippen molar-refractivity contribution >= 4 is 34.1 Å². The molecule has 2 amide bonds. The van der Waals surface area contributed by atoms with Crippen LogP contribution in [0.4, 0.5) is 5.00 Å². The number of carbonyl (C=O) groups excluding carboxylic acids is 3. The summed E-state index contributed by atoms with van der Waals surface area (Å²) in [6.07, 6.45) is 6.37. The number of rotatable bonds is 6. The third kappa shape index (κ3) is 4.12. The van der Waals surface area contributed by atoms with Gasteiger partial charge in [0.1, 0.15) is 10.7 Å². The maximum Gasteiger partial charge on any atom is 0.354 e. The Labute approximate surface area is 185 Å². The molecule has 0 saturated carbocycles. The summed E-state index contributed by atoms with van der Waals surface area (Å²) in [7, 11) is 1.38. The maximum absolute atomic E-state index is 12.9. The average molecular weight is 445 g/mol. The summed E-state index contributed by atoms with van der Waals surface area (Å²) in [5.74, 6) is -0.943. The van der Waals surface area contributed by atoms with Crippen LogP contribution in [-0.2, 0) is 22.4 Å². The first-order valence-electron chi connectivity index (χ1n) is 10.6. The highest BCUT2D eigenvalue weighted by molar-refractivity contribution is 7.17. The molecule has 1 aliphatic carbocycles. The lowest BCUT2D eigenvalue weighted by molar-refractivity contribution is -0.121. The van der Waals surface area contributed by atoms with Gasteiger partial charge in [-0.3, -0.25) is 14.5 Å². The molecule has 8 nitrogen and oxygen atoms in total. The number of hydrogen-bond acceptors (Lipinski definition) is 6. The Kier molecular flexibility index (Phi) is 6.15. The van der Waals surface area contributed by atoms with Crippen LogP contribution in [0, 0.1) is 0 Å². The van der Waals surface area contributed by atoms with E-state index in [1.165, 1.54) is 18.4 Å². The van der Waals surface area contributed by atoms with Gasteiger partial charge in [-0.25, -0.2) is 4.79 Å². The number of aromatic nitrogens is 1. The number of hydrogen-bond donors (Lipinski definition) is 2. The standard InChI is InChI=1S/C22H28N4O4S/c1-13(20(28)24-21-18(19(23)27)15-5-3-7-17(15)31-21)25-11-8-14(9-12-25)26-10-4-6-16(26)22(29)30-2/h4,6,10,13-14H,3,5,7-9,11-12H2,1-2H3,(H2,23,27)(H,24,28). The van der Waals surface area contributed by atoms with Crippen molar-refractivity contribution in [3.05, 3.63) is 40.0 Å². The number of fused-ring (bicyclic) bond motifs is 1. The Morgan fingerprint density at radius 3 is 2.68 bits per heavy atom. The van der Waals surface area contributed by atoms with Crippen LogP contribution in [0.15, 0.2) is 18.3 Å². The Morgan fingerprint density at radius 2 is 2.00 bits per heavy atom. The van der Waals surface area contributed by atoms with Crippen molar-refractivity contribution < 1.29 is 19.1 Å². The second-order valence-electron chi connectivity index (χ2n) is 8.15. The topological polar surface area (TPSA) is 107 Å². The number of amides is 2. The van der Waals surface area contributed by atoms with Gasteiger partial charge in [0.2, 0.25) is 5.91 Å². The van der Waals surface area contributed by atoms with Crippen molar-refractivity contribution in [3.8, 4) is 0 Å². The van der Waals surface area contributed by atoms with E-state index < -0.39 is 5.91 Å². The van der Waals surface area contributed by atoms with Gasteiger partial charge in [0.25, 0.3) is 5.91 Å². The van der Waals surface area contributed by atoms with Gasteiger partial charge in [-0.05, 0) is 56.7 Å². The van der Waals surface area contributed by atoms with Gasteiger partial charge in [-0.2, -0.15) is 0 Å². The fraction of sp³-hybridized carbons (Fsp3) is 0.500. The molecular formula is C22H28N4O4S. The molecule has 2 aromatic rings. The summed E-state index contributed by atoms with van der Waals surface area (Å²) < 4.78 is 6.84. The van der Waals surface area contributed by atoms with Gasteiger partial charge in [0.15, 0.2) is 0 Å². The molecule has 0 bridgehead atoms. The molecule has 2 aromatic heterocycles. The van der Waals surface area contributed by atoms with E-state index in [1.807, 2.05) is 23.8 Å². The highest BCUT2D eigenvalue weighted by Crippen LogP contribution is 2.39. The van der Waals surface area contributed by atoms with Crippen LogP contribution in [0.2, 0.25) is 0 Å². The van der Waals surface area contributed by atoms with Gasteiger partial charge in [-0.1, -0.05) is 0 Å². The number of nitrogens with two attached hydrogens (primary N) is 1. The molecule has 1 aliphatic heterocycles. The van der Waals surface area contributed by atoms with Crippen LogP contribution < -0.4 is 11.1 Å². The number of anilines is 1. The summed E-state index contributed by atoms with van der Waals surface area (Å²) in [6.45, 7) is 3.36. The van der Waals surface area contributed by atoms with Crippen LogP contribution in [0.1, 0.15) is 63.5 Å². The predicted molar refractivity (Wildman–Crippen MR) is 119 cm³/mol. The first-order chi connectivity index (χ1) is 14.9. The second kappa shape index (κ2) is 8.84. The number of nitrogens with one attached hydrogen (secondary N) is 1. The molecule has 1 saturated heterocycles. The number of aryl methyl sites for hydroxylation is 1. The lowest BCUT2D eigenvalue weighted by atomic mass is 10.0. The number of piperidine rings is 1. The molecule has 31 heavy (non-hydrogen) atoms. The smallest absolute Gasteiger partial charge is 0.354 e. The van der Waals surface area contributed by atoms with Crippen LogP contribution in [-0.4, -0.2) is 53.5 Å². The molecule has 9 heteroatoms. The number of thiophene rings is 1. The van der Waals surface area contributed by atoms with Crippen molar-refractivity contribution in [2.24, 2.45) is 5.73 Å². The molecule has 4 rings (SSSR count). The number of carbonyl (C=O) groups is 3. The first kappa shape index (κ1) is 21.6. The van der Waals surface area contributed by atoms with E-state index in [2.05, 4.69) is 10.2 Å². The number of methoxy groups -OCH3 is 1.